The van der Waals surface area contributed by atoms with Gasteiger partial charge in [-0.05, 0) is 12.5 Å². The first-order valence-electron chi connectivity index (χ1n) is 7.57. The Morgan fingerprint density at radius 3 is 3.08 bits per heavy atom. The maximum Gasteiger partial charge on any atom is 0.269 e. The molecule has 1 aliphatic heterocycles. The van der Waals surface area contributed by atoms with E-state index in [-0.39, 0.29) is 24.1 Å². The number of benzene rings is 1. The second-order valence-electron chi connectivity index (χ2n) is 5.61. The van der Waals surface area contributed by atoms with Gasteiger partial charge in [0, 0.05) is 29.8 Å². The molecule has 1 unspecified atom stereocenters. The van der Waals surface area contributed by atoms with E-state index in [1.165, 1.54) is 23.5 Å². The Kier molecular flexibility index (Phi) is 4.86. The van der Waals surface area contributed by atoms with E-state index in [9.17, 15) is 14.9 Å². The minimum absolute atomic E-state index is 0.00521. The van der Waals surface area contributed by atoms with Crippen molar-refractivity contribution in [3.05, 3.63) is 56.0 Å². The number of morpholine rings is 1. The fourth-order valence-corrected chi connectivity index (χ4v) is 3.58. The topological polar surface area (TPSA) is 85.6 Å². The molecule has 0 N–H and O–H groups in total. The summed E-state index contributed by atoms with van der Waals surface area (Å²) in [6, 6.07) is 6.00. The van der Waals surface area contributed by atoms with E-state index in [1.54, 1.807) is 17.0 Å². The first-order valence-corrected chi connectivity index (χ1v) is 8.45. The number of non-ortho nitro benzene ring substituents is 1. The lowest BCUT2D eigenvalue weighted by molar-refractivity contribution is -0.384. The number of nitro groups is 1. The third-order valence-corrected chi connectivity index (χ3v) is 4.91. The first kappa shape index (κ1) is 16.5. The second kappa shape index (κ2) is 7.06. The summed E-state index contributed by atoms with van der Waals surface area (Å²) in [4.78, 5) is 29.4. The zero-order valence-electron chi connectivity index (χ0n) is 13.2. The minimum Gasteiger partial charge on any atom is -0.377 e. The molecule has 1 fully saturated rings. The highest BCUT2D eigenvalue weighted by Crippen LogP contribution is 2.27. The van der Waals surface area contributed by atoms with E-state index < -0.39 is 4.92 Å². The quantitative estimate of drug-likeness (QED) is 0.626. The summed E-state index contributed by atoms with van der Waals surface area (Å²) < 4.78 is 5.51. The van der Waals surface area contributed by atoms with Gasteiger partial charge in [0.15, 0.2) is 0 Å². The Labute approximate surface area is 143 Å². The number of amides is 1. The molecule has 0 saturated carbocycles. The average molecular weight is 347 g/mol. The third kappa shape index (κ3) is 3.60. The number of ether oxygens (including phenoxy) is 1. The standard InChI is InChI=1S/C16H17N3O4S/c1-11-10-24-16(17-11)14-9-23-6-5-18(14)15(20)8-12-3-2-4-13(7-12)19(21)22/h2-4,7,10,14H,5-6,8-9H2,1H3. The SMILES string of the molecule is Cc1csc(C2COCCN2C(=O)Cc2cccc([N+](=O)[O-])c2)n1. The summed E-state index contributed by atoms with van der Waals surface area (Å²) in [5, 5.41) is 13.7. The molecule has 1 aliphatic rings. The maximum atomic E-state index is 12.7. The van der Waals surface area contributed by atoms with Crippen molar-refractivity contribution in [2.75, 3.05) is 19.8 Å². The molecule has 1 atom stereocenters. The summed E-state index contributed by atoms with van der Waals surface area (Å²) in [7, 11) is 0. The molecule has 0 aliphatic carbocycles. The Morgan fingerprint density at radius 2 is 2.38 bits per heavy atom. The molecule has 3 rings (SSSR count). The number of carbonyl (C=O) groups is 1. The van der Waals surface area contributed by atoms with Crippen molar-refractivity contribution in [2.45, 2.75) is 19.4 Å². The van der Waals surface area contributed by atoms with Gasteiger partial charge in [0.1, 0.15) is 11.0 Å². The summed E-state index contributed by atoms with van der Waals surface area (Å²) in [6.07, 6.45) is 0.128. The Balaban J connectivity index is 1.77. The van der Waals surface area contributed by atoms with Crippen molar-refractivity contribution in [1.82, 2.24) is 9.88 Å². The summed E-state index contributed by atoms with van der Waals surface area (Å²) in [5.41, 5.74) is 1.55. The van der Waals surface area contributed by atoms with E-state index in [0.717, 1.165) is 10.7 Å². The van der Waals surface area contributed by atoms with E-state index in [2.05, 4.69) is 4.98 Å². The lowest BCUT2D eigenvalue weighted by Gasteiger charge is -2.34. The molecular formula is C16H17N3O4S. The highest BCUT2D eigenvalue weighted by atomic mass is 32.1. The van der Waals surface area contributed by atoms with Gasteiger partial charge in [-0.15, -0.1) is 11.3 Å². The number of hydrogen-bond acceptors (Lipinski definition) is 6. The Bertz CT molecular complexity index is 761. The number of thiazole rings is 1. The van der Waals surface area contributed by atoms with E-state index >= 15 is 0 Å². The molecular weight excluding hydrogens is 330 g/mol. The molecule has 7 nitrogen and oxygen atoms in total. The van der Waals surface area contributed by atoms with Crippen LogP contribution in [0.15, 0.2) is 29.6 Å². The largest absolute Gasteiger partial charge is 0.377 e. The molecule has 2 heterocycles. The molecule has 0 radical (unpaired) electrons. The number of aryl methyl sites for hydroxylation is 1. The van der Waals surface area contributed by atoms with Crippen LogP contribution in [0.25, 0.3) is 0 Å². The van der Waals surface area contributed by atoms with Crippen LogP contribution in [-0.4, -0.2) is 40.5 Å². The van der Waals surface area contributed by atoms with Gasteiger partial charge in [-0.3, -0.25) is 14.9 Å². The van der Waals surface area contributed by atoms with Crippen LogP contribution in [0.3, 0.4) is 0 Å². The Hall–Kier alpha value is -2.32. The predicted octanol–water partition coefficient (Wildman–Crippen LogP) is 2.50. The summed E-state index contributed by atoms with van der Waals surface area (Å²) >= 11 is 1.52. The minimum atomic E-state index is -0.455. The molecule has 1 aromatic heterocycles. The van der Waals surface area contributed by atoms with Crippen LogP contribution in [-0.2, 0) is 16.0 Å². The van der Waals surface area contributed by atoms with Gasteiger partial charge >= 0.3 is 0 Å². The number of nitro benzene ring substituents is 1. The molecule has 1 amide bonds. The van der Waals surface area contributed by atoms with Crippen LogP contribution in [0.5, 0.6) is 0 Å². The van der Waals surface area contributed by atoms with Gasteiger partial charge in [0.25, 0.3) is 5.69 Å². The first-order chi connectivity index (χ1) is 11.5. The van der Waals surface area contributed by atoms with Crippen molar-refractivity contribution in [1.29, 1.82) is 0 Å². The molecule has 0 bridgehead atoms. The number of hydrogen-bond donors (Lipinski definition) is 0. The lowest BCUT2D eigenvalue weighted by Crippen LogP contribution is -2.44. The third-order valence-electron chi connectivity index (χ3n) is 3.85. The second-order valence-corrected chi connectivity index (χ2v) is 6.50. The van der Waals surface area contributed by atoms with Crippen molar-refractivity contribution in [2.24, 2.45) is 0 Å². The van der Waals surface area contributed by atoms with Gasteiger partial charge in [-0.2, -0.15) is 0 Å². The highest BCUT2D eigenvalue weighted by molar-refractivity contribution is 7.09. The fraction of sp³-hybridized carbons (Fsp3) is 0.375. The van der Waals surface area contributed by atoms with E-state index in [0.29, 0.717) is 25.3 Å². The lowest BCUT2D eigenvalue weighted by atomic mass is 10.1. The average Bonchev–Trinajstić information content (AvgIpc) is 3.01. The number of aromatic nitrogens is 1. The van der Waals surface area contributed by atoms with Crippen molar-refractivity contribution in [3.8, 4) is 0 Å². The molecule has 1 saturated heterocycles. The van der Waals surface area contributed by atoms with Gasteiger partial charge < -0.3 is 9.64 Å². The zero-order valence-corrected chi connectivity index (χ0v) is 14.0. The Morgan fingerprint density at radius 1 is 1.54 bits per heavy atom. The fourth-order valence-electron chi connectivity index (χ4n) is 2.69. The molecule has 24 heavy (non-hydrogen) atoms. The number of nitrogens with zero attached hydrogens (tertiary/aromatic N) is 3. The molecule has 8 heteroatoms. The van der Waals surface area contributed by atoms with E-state index in [1.807, 2.05) is 12.3 Å². The van der Waals surface area contributed by atoms with Gasteiger partial charge in [0.05, 0.1) is 24.6 Å². The smallest absolute Gasteiger partial charge is 0.269 e. The van der Waals surface area contributed by atoms with Gasteiger partial charge in [-0.1, -0.05) is 12.1 Å². The molecule has 0 spiro atoms. The molecule has 1 aromatic carbocycles. The van der Waals surface area contributed by atoms with Crippen LogP contribution in [0.2, 0.25) is 0 Å². The summed E-state index contributed by atoms with van der Waals surface area (Å²) in [5.74, 6) is -0.0725. The van der Waals surface area contributed by atoms with Gasteiger partial charge in [0.2, 0.25) is 5.91 Å². The predicted molar refractivity (Wildman–Crippen MR) is 88.9 cm³/mol. The van der Waals surface area contributed by atoms with Crippen LogP contribution in [0.1, 0.15) is 22.3 Å². The molecule has 126 valence electrons. The molecule has 2 aromatic rings. The number of carbonyl (C=O) groups excluding carboxylic acids is 1. The van der Waals surface area contributed by atoms with Crippen molar-refractivity contribution >= 4 is 22.9 Å². The van der Waals surface area contributed by atoms with Crippen LogP contribution in [0, 0.1) is 17.0 Å². The van der Waals surface area contributed by atoms with Crippen LogP contribution < -0.4 is 0 Å². The monoisotopic (exact) mass is 347 g/mol. The number of rotatable bonds is 4. The van der Waals surface area contributed by atoms with Crippen molar-refractivity contribution < 1.29 is 14.5 Å². The van der Waals surface area contributed by atoms with E-state index in [4.69, 9.17) is 4.74 Å². The zero-order chi connectivity index (χ0) is 17.1. The van der Waals surface area contributed by atoms with Crippen LogP contribution in [0.4, 0.5) is 5.69 Å². The highest BCUT2D eigenvalue weighted by Gasteiger charge is 2.30. The van der Waals surface area contributed by atoms with Gasteiger partial charge in [-0.25, -0.2) is 4.98 Å². The van der Waals surface area contributed by atoms with Crippen LogP contribution >= 0.6 is 11.3 Å². The summed E-state index contributed by atoms with van der Waals surface area (Å²) in [6.45, 7) is 3.32. The maximum absolute atomic E-state index is 12.7. The van der Waals surface area contributed by atoms with Crippen molar-refractivity contribution in [3.63, 3.8) is 0 Å². The normalized spacial score (nSPS) is 17.7.